The zero-order valence-corrected chi connectivity index (χ0v) is 13.4. The molecule has 3 aromatic rings. The number of aromatic nitrogens is 1. The van der Waals surface area contributed by atoms with Crippen molar-refractivity contribution in [1.82, 2.24) is 4.98 Å². The number of rotatable bonds is 3. The van der Waals surface area contributed by atoms with Crippen LogP contribution in [0.4, 0.5) is 5.69 Å². The number of hydrogen-bond acceptors (Lipinski definition) is 3. The zero-order valence-electron chi connectivity index (χ0n) is 13.4. The number of hydrogen-bond donors (Lipinski definition) is 2. The molecule has 0 bridgehead atoms. The standard InChI is InChI=1S/C19H18N2O3/c1-12-15(14-4-2-3-5-16(14)20-12)11-19(22)21-13-6-7-17-18(10-13)24-9-8-23-17/h2-7,10,20H,8-9,11H2,1H3,(H,21,22). The monoisotopic (exact) mass is 322 g/mol. The van der Waals surface area contributed by atoms with E-state index in [4.69, 9.17) is 9.47 Å². The van der Waals surface area contributed by atoms with Gasteiger partial charge in [-0.05, 0) is 30.7 Å². The molecular weight excluding hydrogens is 304 g/mol. The smallest absolute Gasteiger partial charge is 0.228 e. The van der Waals surface area contributed by atoms with Crippen LogP contribution in [0.25, 0.3) is 10.9 Å². The molecule has 0 atom stereocenters. The number of benzene rings is 2. The number of H-pyrrole nitrogens is 1. The van der Waals surface area contributed by atoms with Gasteiger partial charge < -0.3 is 19.8 Å². The number of aromatic amines is 1. The number of para-hydroxylation sites is 1. The van der Waals surface area contributed by atoms with Gasteiger partial charge in [0.05, 0.1) is 6.42 Å². The quantitative estimate of drug-likeness (QED) is 0.776. The van der Waals surface area contributed by atoms with Crippen LogP contribution in [0.3, 0.4) is 0 Å². The molecule has 122 valence electrons. The molecule has 5 nitrogen and oxygen atoms in total. The van der Waals surface area contributed by atoms with Crippen LogP contribution >= 0.6 is 0 Å². The first-order valence-corrected chi connectivity index (χ1v) is 7.96. The van der Waals surface area contributed by atoms with Gasteiger partial charge in [0, 0.05) is 28.4 Å². The summed E-state index contributed by atoms with van der Waals surface area (Å²) in [4.78, 5) is 15.8. The summed E-state index contributed by atoms with van der Waals surface area (Å²) in [5, 5.41) is 4.02. The number of anilines is 1. The number of aryl methyl sites for hydroxylation is 1. The van der Waals surface area contributed by atoms with Crippen molar-refractivity contribution in [3.05, 3.63) is 53.7 Å². The highest BCUT2D eigenvalue weighted by Gasteiger charge is 2.15. The van der Waals surface area contributed by atoms with Crippen LogP contribution in [0.5, 0.6) is 11.5 Å². The highest BCUT2D eigenvalue weighted by molar-refractivity contribution is 5.96. The Kier molecular flexibility index (Phi) is 3.61. The number of carbonyl (C=O) groups is 1. The van der Waals surface area contributed by atoms with Gasteiger partial charge in [-0.1, -0.05) is 18.2 Å². The van der Waals surface area contributed by atoms with Crippen molar-refractivity contribution in [1.29, 1.82) is 0 Å². The third-order valence-corrected chi connectivity index (χ3v) is 4.19. The molecule has 0 spiro atoms. The molecule has 1 aliphatic heterocycles. The lowest BCUT2D eigenvalue weighted by molar-refractivity contribution is -0.115. The molecule has 2 N–H and O–H groups in total. The largest absolute Gasteiger partial charge is 0.486 e. The van der Waals surface area contributed by atoms with Crippen molar-refractivity contribution >= 4 is 22.5 Å². The molecule has 1 amide bonds. The lowest BCUT2D eigenvalue weighted by Gasteiger charge is -2.19. The maximum atomic E-state index is 12.4. The van der Waals surface area contributed by atoms with E-state index >= 15 is 0 Å². The fourth-order valence-electron chi connectivity index (χ4n) is 3.05. The Morgan fingerprint density at radius 3 is 2.79 bits per heavy atom. The van der Waals surface area contributed by atoms with Crippen LogP contribution in [0.2, 0.25) is 0 Å². The average Bonchev–Trinajstić information content (AvgIpc) is 2.90. The van der Waals surface area contributed by atoms with Crippen molar-refractivity contribution < 1.29 is 14.3 Å². The van der Waals surface area contributed by atoms with E-state index in [1.165, 1.54) is 0 Å². The van der Waals surface area contributed by atoms with Crippen LogP contribution in [0.1, 0.15) is 11.3 Å². The van der Waals surface area contributed by atoms with E-state index in [-0.39, 0.29) is 5.91 Å². The summed E-state index contributed by atoms with van der Waals surface area (Å²) >= 11 is 0. The van der Waals surface area contributed by atoms with Crippen molar-refractivity contribution in [3.8, 4) is 11.5 Å². The van der Waals surface area contributed by atoms with Gasteiger partial charge in [0.25, 0.3) is 0 Å². The second kappa shape index (κ2) is 5.92. The molecular formula is C19H18N2O3. The topological polar surface area (TPSA) is 63.4 Å². The summed E-state index contributed by atoms with van der Waals surface area (Å²) < 4.78 is 11.0. The van der Waals surface area contributed by atoms with Gasteiger partial charge in [0.1, 0.15) is 13.2 Å². The highest BCUT2D eigenvalue weighted by atomic mass is 16.6. The molecule has 0 saturated carbocycles. The number of amides is 1. The van der Waals surface area contributed by atoms with Crippen molar-refractivity contribution in [2.75, 3.05) is 18.5 Å². The Bertz CT molecular complexity index is 914. The van der Waals surface area contributed by atoms with E-state index in [1.807, 2.05) is 43.3 Å². The molecule has 1 aliphatic rings. The van der Waals surface area contributed by atoms with Gasteiger partial charge in [-0.3, -0.25) is 4.79 Å². The van der Waals surface area contributed by atoms with Crippen LogP contribution < -0.4 is 14.8 Å². The summed E-state index contributed by atoms with van der Waals surface area (Å²) in [7, 11) is 0. The number of fused-ring (bicyclic) bond motifs is 2. The summed E-state index contributed by atoms with van der Waals surface area (Å²) in [6.07, 6.45) is 0.324. The normalized spacial score (nSPS) is 13.0. The molecule has 2 aromatic carbocycles. The van der Waals surface area contributed by atoms with Gasteiger partial charge in [0.15, 0.2) is 11.5 Å². The summed E-state index contributed by atoms with van der Waals surface area (Å²) in [6, 6.07) is 13.5. The number of nitrogens with one attached hydrogen (secondary N) is 2. The second-order valence-corrected chi connectivity index (χ2v) is 5.86. The third-order valence-electron chi connectivity index (χ3n) is 4.19. The highest BCUT2D eigenvalue weighted by Crippen LogP contribution is 2.32. The van der Waals surface area contributed by atoms with Crippen molar-refractivity contribution in [3.63, 3.8) is 0 Å². The maximum absolute atomic E-state index is 12.4. The van der Waals surface area contributed by atoms with Crippen molar-refractivity contribution in [2.45, 2.75) is 13.3 Å². The maximum Gasteiger partial charge on any atom is 0.228 e. The Hall–Kier alpha value is -2.95. The molecule has 2 heterocycles. The van der Waals surface area contributed by atoms with Gasteiger partial charge in [-0.15, -0.1) is 0 Å². The van der Waals surface area contributed by atoms with Crippen LogP contribution in [0, 0.1) is 6.92 Å². The van der Waals surface area contributed by atoms with E-state index in [0.717, 1.165) is 22.2 Å². The van der Waals surface area contributed by atoms with Gasteiger partial charge in [-0.25, -0.2) is 0 Å². The van der Waals surface area contributed by atoms with E-state index in [2.05, 4.69) is 10.3 Å². The molecule has 0 radical (unpaired) electrons. The second-order valence-electron chi connectivity index (χ2n) is 5.86. The fraction of sp³-hybridized carbons (Fsp3) is 0.211. The molecule has 24 heavy (non-hydrogen) atoms. The lowest BCUT2D eigenvalue weighted by atomic mass is 10.1. The minimum atomic E-state index is -0.0560. The van der Waals surface area contributed by atoms with Gasteiger partial charge >= 0.3 is 0 Å². The molecule has 5 heteroatoms. The zero-order chi connectivity index (χ0) is 16.5. The summed E-state index contributed by atoms with van der Waals surface area (Å²) in [5.41, 5.74) is 3.81. The SMILES string of the molecule is Cc1[nH]c2ccccc2c1CC(=O)Nc1ccc2c(c1)OCCO2. The first-order chi connectivity index (χ1) is 11.7. The van der Waals surface area contributed by atoms with Crippen LogP contribution in [-0.4, -0.2) is 24.1 Å². The first-order valence-electron chi connectivity index (χ1n) is 7.96. The van der Waals surface area contributed by atoms with E-state index in [1.54, 1.807) is 6.07 Å². The predicted octanol–water partition coefficient (Wildman–Crippen LogP) is 3.43. The van der Waals surface area contributed by atoms with Gasteiger partial charge in [-0.2, -0.15) is 0 Å². The number of carbonyl (C=O) groups excluding carboxylic acids is 1. The molecule has 4 rings (SSSR count). The van der Waals surface area contributed by atoms with E-state index in [0.29, 0.717) is 36.8 Å². The minimum absolute atomic E-state index is 0.0560. The summed E-state index contributed by atoms with van der Waals surface area (Å²) in [5.74, 6) is 1.33. The summed E-state index contributed by atoms with van der Waals surface area (Å²) in [6.45, 7) is 3.07. The predicted molar refractivity (Wildman–Crippen MR) is 92.8 cm³/mol. The van der Waals surface area contributed by atoms with Gasteiger partial charge in [0.2, 0.25) is 5.91 Å². The third kappa shape index (κ3) is 2.69. The molecule has 0 saturated heterocycles. The minimum Gasteiger partial charge on any atom is -0.486 e. The molecule has 0 fully saturated rings. The van der Waals surface area contributed by atoms with E-state index in [9.17, 15) is 4.79 Å². The molecule has 0 aliphatic carbocycles. The Morgan fingerprint density at radius 1 is 1.12 bits per heavy atom. The molecule has 0 unspecified atom stereocenters. The average molecular weight is 322 g/mol. The van der Waals surface area contributed by atoms with Crippen LogP contribution in [0.15, 0.2) is 42.5 Å². The van der Waals surface area contributed by atoms with Crippen LogP contribution in [-0.2, 0) is 11.2 Å². The molecule has 1 aromatic heterocycles. The Labute approximate surface area is 139 Å². The number of ether oxygens (including phenoxy) is 2. The first kappa shape index (κ1) is 14.6. The van der Waals surface area contributed by atoms with E-state index < -0.39 is 0 Å². The Balaban J connectivity index is 1.53. The lowest BCUT2D eigenvalue weighted by Crippen LogP contribution is -2.17. The van der Waals surface area contributed by atoms with Crippen molar-refractivity contribution in [2.24, 2.45) is 0 Å². The Morgan fingerprint density at radius 2 is 1.92 bits per heavy atom. The fourth-order valence-corrected chi connectivity index (χ4v) is 3.05.